The van der Waals surface area contributed by atoms with Crippen LogP contribution < -0.4 is 10.6 Å². The molecule has 0 amide bonds. The van der Waals surface area contributed by atoms with E-state index in [1.54, 1.807) is 12.4 Å². The summed E-state index contributed by atoms with van der Waals surface area (Å²) < 4.78 is 5.37. The molecule has 0 spiro atoms. The van der Waals surface area contributed by atoms with Crippen molar-refractivity contribution in [1.29, 1.82) is 0 Å². The molecule has 2 N–H and O–H groups in total. The van der Waals surface area contributed by atoms with Gasteiger partial charge in [-0.05, 0) is 13.3 Å². The Morgan fingerprint density at radius 3 is 2.94 bits per heavy atom. The topological polar surface area (TPSA) is 59.1 Å². The Kier molecular flexibility index (Phi) is 3.56. The monoisotopic (exact) mass is 222 g/mol. The van der Waals surface area contributed by atoms with E-state index < -0.39 is 0 Å². The predicted molar refractivity (Wildman–Crippen MR) is 63.6 cm³/mol. The maximum absolute atomic E-state index is 5.37. The van der Waals surface area contributed by atoms with Gasteiger partial charge in [-0.1, -0.05) is 0 Å². The minimum Gasteiger partial charge on any atom is -0.381 e. The van der Waals surface area contributed by atoms with E-state index in [9.17, 15) is 0 Å². The highest BCUT2D eigenvalue weighted by Crippen LogP contribution is 2.19. The van der Waals surface area contributed by atoms with Crippen LogP contribution in [0.2, 0.25) is 0 Å². The first-order valence-electron chi connectivity index (χ1n) is 5.63. The molecule has 2 atom stereocenters. The molecule has 1 aromatic heterocycles. The van der Waals surface area contributed by atoms with E-state index in [0.29, 0.717) is 12.0 Å². The average molecular weight is 222 g/mol. The number of aromatic nitrogens is 2. The van der Waals surface area contributed by atoms with Gasteiger partial charge in [0.2, 0.25) is 0 Å². The first-order chi connectivity index (χ1) is 7.79. The predicted octanol–water partition coefficient (Wildman–Crippen LogP) is 1.36. The molecule has 0 aliphatic carbocycles. The van der Waals surface area contributed by atoms with Crippen molar-refractivity contribution < 1.29 is 4.74 Å². The van der Waals surface area contributed by atoms with Gasteiger partial charge in [-0.25, -0.2) is 4.98 Å². The van der Waals surface area contributed by atoms with Crippen LogP contribution in [0.15, 0.2) is 12.4 Å². The maximum atomic E-state index is 5.37. The number of hydrogen-bond donors (Lipinski definition) is 2. The van der Waals surface area contributed by atoms with E-state index in [1.165, 1.54) is 0 Å². The molecule has 2 unspecified atom stereocenters. The summed E-state index contributed by atoms with van der Waals surface area (Å²) in [6, 6.07) is 0.365. The van der Waals surface area contributed by atoms with Crippen molar-refractivity contribution in [3.05, 3.63) is 12.4 Å². The number of ether oxygens (including phenoxy) is 1. The fourth-order valence-electron chi connectivity index (χ4n) is 1.85. The molecule has 16 heavy (non-hydrogen) atoms. The van der Waals surface area contributed by atoms with E-state index in [-0.39, 0.29) is 0 Å². The summed E-state index contributed by atoms with van der Waals surface area (Å²) in [5.41, 5.74) is 0. The smallest absolute Gasteiger partial charge is 0.147 e. The van der Waals surface area contributed by atoms with Crippen molar-refractivity contribution in [1.82, 2.24) is 9.97 Å². The van der Waals surface area contributed by atoms with Gasteiger partial charge in [-0.15, -0.1) is 0 Å². The summed E-state index contributed by atoms with van der Waals surface area (Å²) in [5, 5.41) is 6.34. The Balaban J connectivity index is 1.96. The van der Waals surface area contributed by atoms with Crippen molar-refractivity contribution in [3.63, 3.8) is 0 Å². The van der Waals surface area contributed by atoms with Crippen molar-refractivity contribution >= 4 is 11.6 Å². The van der Waals surface area contributed by atoms with E-state index in [2.05, 4.69) is 27.5 Å². The minimum absolute atomic E-state index is 0.365. The standard InChI is InChI=1S/C11H18N4O/c1-8(9-3-4-16-7-9)14-11-6-13-5-10(12-2)15-11/h5-6,8-9H,3-4,7H2,1-2H3,(H2,12,14,15). The second-order valence-corrected chi connectivity index (χ2v) is 4.10. The van der Waals surface area contributed by atoms with Gasteiger partial charge < -0.3 is 15.4 Å². The third-order valence-corrected chi connectivity index (χ3v) is 2.94. The molecule has 1 fully saturated rings. The molecule has 2 heterocycles. The van der Waals surface area contributed by atoms with E-state index in [0.717, 1.165) is 31.3 Å². The van der Waals surface area contributed by atoms with Gasteiger partial charge in [-0.3, -0.25) is 4.98 Å². The Morgan fingerprint density at radius 2 is 2.25 bits per heavy atom. The molecule has 1 aliphatic rings. The van der Waals surface area contributed by atoms with Crippen LogP contribution in [0.3, 0.4) is 0 Å². The zero-order valence-electron chi connectivity index (χ0n) is 9.73. The van der Waals surface area contributed by atoms with Gasteiger partial charge in [0, 0.05) is 25.6 Å². The number of hydrogen-bond acceptors (Lipinski definition) is 5. The summed E-state index contributed by atoms with van der Waals surface area (Å²) in [6.45, 7) is 3.87. The molecule has 88 valence electrons. The molecular weight excluding hydrogens is 204 g/mol. The van der Waals surface area contributed by atoms with Crippen molar-refractivity contribution in [3.8, 4) is 0 Å². The van der Waals surface area contributed by atoms with Crippen LogP contribution in [0.4, 0.5) is 11.6 Å². The number of nitrogens with zero attached hydrogens (tertiary/aromatic N) is 2. The van der Waals surface area contributed by atoms with Crippen molar-refractivity contribution in [2.45, 2.75) is 19.4 Å². The van der Waals surface area contributed by atoms with Crippen LogP contribution in [0.5, 0.6) is 0 Å². The molecular formula is C11H18N4O. The quantitative estimate of drug-likeness (QED) is 0.805. The summed E-state index contributed by atoms with van der Waals surface area (Å²) in [5.74, 6) is 2.16. The average Bonchev–Trinajstić information content (AvgIpc) is 2.83. The molecule has 0 aromatic carbocycles. The van der Waals surface area contributed by atoms with Crippen molar-refractivity contribution in [2.75, 3.05) is 30.9 Å². The van der Waals surface area contributed by atoms with Crippen LogP contribution in [-0.4, -0.2) is 36.3 Å². The normalized spacial score (nSPS) is 21.8. The van der Waals surface area contributed by atoms with Crippen LogP contribution in [0, 0.1) is 5.92 Å². The maximum Gasteiger partial charge on any atom is 0.147 e. The zero-order chi connectivity index (χ0) is 11.4. The molecule has 2 rings (SSSR count). The van der Waals surface area contributed by atoms with Crippen molar-refractivity contribution in [2.24, 2.45) is 5.92 Å². The molecule has 1 aliphatic heterocycles. The van der Waals surface area contributed by atoms with Gasteiger partial charge in [0.15, 0.2) is 0 Å². The van der Waals surface area contributed by atoms with Gasteiger partial charge >= 0.3 is 0 Å². The third-order valence-electron chi connectivity index (χ3n) is 2.94. The molecule has 1 aromatic rings. The summed E-state index contributed by atoms with van der Waals surface area (Å²) >= 11 is 0. The lowest BCUT2D eigenvalue weighted by atomic mass is 10.0. The van der Waals surface area contributed by atoms with E-state index in [4.69, 9.17) is 4.74 Å². The SMILES string of the molecule is CNc1cncc(NC(C)C2CCOC2)n1. The molecule has 0 bridgehead atoms. The van der Waals surface area contributed by atoms with E-state index in [1.807, 2.05) is 7.05 Å². The van der Waals surface area contributed by atoms with E-state index >= 15 is 0 Å². The fraction of sp³-hybridized carbons (Fsp3) is 0.636. The Labute approximate surface area is 95.6 Å². The fourth-order valence-corrected chi connectivity index (χ4v) is 1.85. The van der Waals surface area contributed by atoms with Crippen LogP contribution in [-0.2, 0) is 4.74 Å². The molecule has 5 heteroatoms. The Bertz CT molecular complexity index is 339. The second-order valence-electron chi connectivity index (χ2n) is 4.10. The van der Waals surface area contributed by atoms with Crippen LogP contribution >= 0.6 is 0 Å². The lowest BCUT2D eigenvalue weighted by Gasteiger charge is -2.19. The number of rotatable bonds is 4. The molecule has 0 radical (unpaired) electrons. The molecule has 5 nitrogen and oxygen atoms in total. The minimum atomic E-state index is 0.365. The lowest BCUT2D eigenvalue weighted by Crippen LogP contribution is -2.26. The Morgan fingerprint density at radius 1 is 1.44 bits per heavy atom. The third kappa shape index (κ3) is 2.61. The van der Waals surface area contributed by atoms with Crippen LogP contribution in [0.1, 0.15) is 13.3 Å². The highest BCUT2D eigenvalue weighted by molar-refractivity contribution is 5.41. The Hall–Kier alpha value is -1.36. The van der Waals surface area contributed by atoms with Gasteiger partial charge in [0.25, 0.3) is 0 Å². The second kappa shape index (κ2) is 5.12. The largest absolute Gasteiger partial charge is 0.381 e. The summed E-state index contributed by atoms with van der Waals surface area (Å²) in [7, 11) is 1.84. The van der Waals surface area contributed by atoms with Gasteiger partial charge in [-0.2, -0.15) is 0 Å². The summed E-state index contributed by atoms with van der Waals surface area (Å²) in [4.78, 5) is 8.49. The van der Waals surface area contributed by atoms with Crippen LogP contribution in [0.25, 0.3) is 0 Å². The summed E-state index contributed by atoms with van der Waals surface area (Å²) in [6.07, 6.45) is 4.56. The molecule has 1 saturated heterocycles. The first-order valence-corrected chi connectivity index (χ1v) is 5.63. The number of nitrogens with one attached hydrogen (secondary N) is 2. The zero-order valence-corrected chi connectivity index (χ0v) is 9.73. The number of anilines is 2. The highest BCUT2D eigenvalue weighted by Gasteiger charge is 2.22. The van der Waals surface area contributed by atoms with Gasteiger partial charge in [0.05, 0.1) is 19.0 Å². The lowest BCUT2D eigenvalue weighted by molar-refractivity contribution is 0.183. The molecule has 0 saturated carbocycles. The first kappa shape index (κ1) is 11.1. The highest BCUT2D eigenvalue weighted by atomic mass is 16.5. The van der Waals surface area contributed by atoms with Gasteiger partial charge in [0.1, 0.15) is 11.6 Å².